The molecule has 3 N–H and O–H groups in total. The molecule has 0 aliphatic carbocycles. The van der Waals surface area contributed by atoms with Crippen LogP contribution in [0.5, 0.6) is 0 Å². The standard InChI is InChI=1S/C27H41NO6S/c1-16-8-7-9-17(2)25(32)19(4)26(33)27(5,6)22(30)13-24(31)34-21(11-10-16)18(3)12-20-15-35-23(14-29)28-20/h10,12,15,17,19,21-22,25,29-30,32H,7-9,11,13-14H2,1-6H3. The monoisotopic (exact) mass is 507 g/mol. The first-order valence-electron chi connectivity index (χ1n) is 12.4. The van der Waals surface area contributed by atoms with Crippen LogP contribution in [0.1, 0.15) is 84.3 Å². The number of carbonyl (C=O) groups is 2. The third kappa shape index (κ3) is 8.07. The van der Waals surface area contributed by atoms with Crippen LogP contribution >= 0.6 is 11.3 Å². The molecule has 7 nitrogen and oxygen atoms in total. The number of nitrogens with zero attached hydrogens (tertiary/aromatic N) is 1. The average molecular weight is 508 g/mol. The SMILES string of the molecule is CC1=CCC(C(C)=Cc2csc(CO)n2)OC(=O)CC(O)C(C)(C)C(=O)C(C)C(O)C(C)CCC1. The molecule has 0 fully saturated rings. The number of rotatable bonds is 3. The third-order valence-corrected chi connectivity index (χ3v) is 7.96. The van der Waals surface area contributed by atoms with Crippen LogP contribution in [0.4, 0.5) is 0 Å². The predicted octanol–water partition coefficient (Wildman–Crippen LogP) is 4.45. The van der Waals surface area contributed by atoms with Crippen LogP contribution in [-0.2, 0) is 20.9 Å². The summed E-state index contributed by atoms with van der Waals surface area (Å²) in [4.78, 5) is 30.4. The van der Waals surface area contributed by atoms with Gasteiger partial charge in [0.05, 0.1) is 36.3 Å². The van der Waals surface area contributed by atoms with Gasteiger partial charge in [0, 0.05) is 17.7 Å². The van der Waals surface area contributed by atoms with Gasteiger partial charge in [-0.1, -0.05) is 39.3 Å². The maximum Gasteiger partial charge on any atom is 0.309 e. The Kier molecular flexibility index (Phi) is 10.8. The highest BCUT2D eigenvalue weighted by Gasteiger charge is 2.42. The zero-order valence-electron chi connectivity index (χ0n) is 21.8. The fourth-order valence-corrected chi connectivity index (χ4v) is 5.03. The summed E-state index contributed by atoms with van der Waals surface area (Å²) in [5.74, 6) is -1.58. The van der Waals surface area contributed by atoms with Crippen molar-refractivity contribution in [3.8, 4) is 0 Å². The molecule has 0 saturated heterocycles. The molecule has 1 aromatic rings. The first kappa shape index (κ1) is 29.4. The van der Waals surface area contributed by atoms with Crippen molar-refractivity contribution >= 4 is 29.2 Å². The summed E-state index contributed by atoms with van der Waals surface area (Å²) in [7, 11) is 0. The number of carbonyl (C=O) groups excluding carboxylic acids is 2. The molecule has 35 heavy (non-hydrogen) atoms. The van der Waals surface area contributed by atoms with Crippen molar-refractivity contribution in [2.24, 2.45) is 17.3 Å². The van der Waals surface area contributed by atoms with E-state index in [0.717, 1.165) is 30.4 Å². The highest BCUT2D eigenvalue weighted by atomic mass is 32.1. The van der Waals surface area contributed by atoms with Crippen molar-refractivity contribution < 1.29 is 29.6 Å². The van der Waals surface area contributed by atoms with E-state index in [-0.39, 0.29) is 24.7 Å². The number of hydrogen-bond acceptors (Lipinski definition) is 8. The van der Waals surface area contributed by atoms with E-state index in [9.17, 15) is 24.9 Å². The van der Waals surface area contributed by atoms with Gasteiger partial charge in [-0.15, -0.1) is 11.3 Å². The molecule has 1 aromatic heterocycles. The lowest BCUT2D eigenvalue weighted by molar-refractivity contribution is -0.154. The predicted molar refractivity (Wildman–Crippen MR) is 138 cm³/mol. The second-order valence-electron chi connectivity index (χ2n) is 10.4. The zero-order chi connectivity index (χ0) is 26.3. The van der Waals surface area contributed by atoms with E-state index >= 15 is 0 Å². The molecule has 2 heterocycles. The van der Waals surface area contributed by atoms with Crippen molar-refractivity contribution in [3.05, 3.63) is 33.3 Å². The highest BCUT2D eigenvalue weighted by molar-refractivity contribution is 7.09. The van der Waals surface area contributed by atoms with Gasteiger partial charge in [-0.3, -0.25) is 9.59 Å². The Morgan fingerprint density at radius 1 is 1.29 bits per heavy atom. The number of thiazole rings is 1. The van der Waals surface area contributed by atoms with Crippen LogP contribution in [0, 0.1) is 17.3 Å². The number of hydrogen-bond donors (Lipinski definition) is 3. The quantitative estimate of drug-likeness (QED) is 0.409. The van der Waals surface area contributed by atoms with Gasteiger partial charge >= 0.3 is 5.97 Å². The minimum atomic E-state index is -1.24. The second-order valence-corrected chi connectivity index (χ2v) is 11.4. The molecule has 0 spiro atoms. The van der Waals surface area contributed by atoms with Crippen LogP contribution in [0.3, 0.4) is 0 Å². The van der Waals surface area contributed by atoms with Crippen LogP contribution in [0.25, 0.3) is 6.08 Å². The number of ketones is 1. The van der Waals surface area contributed by atoms with E-state index in [1.807, 2.05) is 32.2 Å². The molecule has 0 aromatic carbocycles. The summed E-state index contributed by atoms with van der Waals surface area (Å²) in [5.41, 5.74) is 1.44. The van der Waals surface area contributed by atoms with E-state index in [0.29, 0.717) is 17.1 Å². The molecule has 1 aliphatic heterocycles. The maximum atomic E-state index is 13.2. The Hall–Kier alpha value is -1.87. The Morgan fingerprint density at radius 2 is 1.97 bits per heavy atom. The Bertz CT molecular complexity index is 934. The summed E-state index contributed by atoms with van der Waals surface area (Å²) in [6, 6.07) is 0. The summed E-state index contributed by atoms with van der Waals surface area (Å²) in [6.07, 6.45) is 3.95. The number of allylic oxidation sites excluding steroid dienone is 1. The lowest BCUT2D eigenvalue weighted by Crippen LogP contribution is -2.45. The van der Waals surface area contributed by atoms with E-state index in [1.165, 1.54) is 11.3 Å². The number of aromatic nitrogens is 1. The molecule has 5 unspecified atom stereocenters. The Balaban J connectivity index is 2.33. The summed E-state index contributed by atoms with van der Waals surface area (Å²) in [6.45, 7) is 10.6. The normalized spacial score (nSPS) is 30.0. The third-order valence-electron chi connectivity index (χ3n) is 7.11. The van der Waals surface area contributed by atoms with E-state index in [4.69, 9.17) is 4.74 Å². The van der Waals surface area contributed by atoms with Gasteiger partial charge in [-0.05, 0) is 50.7 Å². The maximum absolute atomic E-state index is 13.2. The minimum absolute atomic E-state index is 0.0626. The highest BCUT2D eigenvalue weighted by Crippen LogP contribution is 2.32. The molecular formula is C27H41NO6S. The molecule has 0 radical (unpaired) electrons. The van der Waals surface area contributed by atoms with Crippen LogP contribution < -0.4 is 0 Å². The molecule has 5 atom stereocenters. The molecule has 196 valence electrons. The number of esters is 1. The fourth-order valence-electron chi connectivity index (χ4n) is 4.42. The lowest BCUT2D eigenvalue weighted by Gasteiger charge is -2.34. The van der Waals surface area contributed by atoms with E-state index in [1.54, 1.807) is 20.8 Å². The summed E-state index contributed by atoms with van der Waals surface area (Å²) >= 11 is 1.36. The largest absolute Gasteiger partial charge is 0.457 e. The van der Waals surface area contributed by atoms with Crippen molar-refractivity contribution in [1.82, 2.24) is 4.98 Å². The van der Waals surface area contributed by atoms with Crippen molar-refractivity contribution in [1.29, 1.82) is 0 Å². The molecular weight excluding hydrogens is 466 g/mol. The van der Waals surface area contributed by atoms with Crippen LogP contribution in [0.15, 0.2) is 22.6 Å². The number of aliphatic hydroxyl groups excluding tert-OH is 3. The van der Waals surface area contributed by atoms with E-state index < -0.39 is 35.6 Å². The molecule has 0 amide bonds. The topological polar surface area (TPSA) is 117 Å². The van der Waals surface area contributed by atoms with Gasteiger partial charge in [-0.2, -0.15) is 0 Å². The zero-order valence-corrected chi connectivity index (χ0v) is 22.6. The number of cyclic esters (lactones) is 1. The first-order valence-corrected chi connectivity index (χ1v) is 13.2. The van der Waals surface area contributed by atoms with Crippen molar-refractivity contribution in [3.63, 3.8) is 0 Å². The van der Waals surface area contributed by atoms with Gasteiger partial charge in [0.15, 0.2) is 0 Å². The van der Waals surface area contributed by atoms with Crippen LogP contribution in [-0.4, -0.2) is 50.4 Å². The fraction of sp³-hybridized carbons (Fsp3) is 0.667. The van der Waals surface area contributed by atoms with Gasteiger partial charge < -0.3 is 20.1 Å². The van der Waals surface area contributed by atoms with Gasteiger partial charge in [-0.25, -0.2) is 4.98 Å². The molecule has 0 saturated carbocycles. The number of ether oxygens (including phenoxy) is 1. The molecule has 1 aliphatic rings. The molecule has 2 rings (SSSR count). The van der Waals surface area contributed by atoms with Gasteiger partial charge in [0.1, 0.15) is 16.9 Å². The molecule has 8 heteroatoms. The van der Waals surface area contributed by atoms with E-state index in [2.05, 4.69) is 11.1 Å². The van der Waals surface area contributed by atoms with Gasteiger partial charge in [0.25, 0.3) is 0 Å². The average Bonchev–Trinajstić information content (AvgIpc) is 3.26. The van der Waals surface area contributed by atoms with Crippen LogP contribution in [0.2, 0.25) is 0 Å². The number of aliphatic hydroxyl groups is 3. The van der Waals surface area contributed by atoms with Crippen molar-refractivity contribution in [2.45, 2.75) is 98.6 Å². The second kappa shape index (κ2) is 12.9. The van der Waals surface area contributed by atoms with Gasteiger partial charge in [0.2, 0.25) is 0 Å². The first-order chi connectivity index (χ1) is 16.4. The summed E-state index contributed by atoms with van der Waals surface area (Å²) < 4.78 is 5.78. The minimum Gasteiger partial charge on any atom is -0.457 e. The molecule has 0 bridgehead atoms. The lowest BCUT2D eigenvalue weighted by atomic mass is 9.73. The smallest absolute Gasteiger partial charge is 0.309 e. The Labute approximate surface area is 212 Å². The van der Waals surface area contributed by atoms with Crippen molar-refractivity contribution in [2.75, 3.05) is 0 Å². The Morgan fingerprint density at radius 3 is 2.60 bits per heavy atom. The number of Topliss-reactive ketones (excluding diaryl/α,β-unsaturated/α-hetero) is 1. The summed E-state index contributed by atoms with van der Waals surface area (Å²) in [5, 5.41) is 33.3.